The van der Waals surface area contributed by atoms with Crippen LogP contribution in [-0.2, 0) is 6.42 Å². The fourth-order valence-corrected chi connectivity index (χ4v) is 3.26. The van der Waals surface area contributed by atoms with E-state index in [0.29, 0.717) is 17.8 Å². The van der Waals surface area contributed by atoms with Crippen LogP contribution >= 0.6 is 15.9 Å². The number of para-hydroxylation sites is 1. The average molecular weight is 445 g/mol. The van der Waals surface area contributed by atoms with Crippen molar-refractivity contribution < 1.29 is 13.5 Å². The molecule has 0 aliphatic rings. The number of pyridine rings is 1. The molecule has 8 heteroatoms. The van der Waals surface area contributed by atoms with Crippen LogP contribution in [-0.4, -0.2) is 26.0 Å². The highest BCUT2D eigenvalue weighted by Gasteiger charge is 2.15. The fourth-order valence-electron chi connectivity index (χ4n) is 3.06. The maximum absolute atomic E-state index is 12.7. The van der Waals surface area contributed by atoms with Crippen LogP contribution < -0.4 is 4.74 Å². The highest BCUT2D eigenvalue weighted by Crippen LogP contribution is 2.26. The second-order valence-corrected chi connectivity index (χ2v) is 7.09. The number of hydrogen-bond acceptors (Lipinski definition) is 4. The van der Waals surface area contributed by atoms with Gasteiger partial charge in [-0.2, -0.15) is 8.78 Å². The summed E-state index contributed by atoms with van der Waals surface area (Å²) in [6, 6.07) is 10.6. The number of fused-ring (bicyclic) bond motifs is 1. The number of imidazole rings is 1. The van der Waals surface area contributed by atoms with Crippen molar-refractivity contribution >= 4 is 21.6 Å². The minimum absolute atomic E-state index is 0.166. The van der Waals surface area contributed by atoms with Crippen LogP contribution in [0.5, 0.6) is 5.75 Å². The van der Waals surface area contributed by atoms with Gasteiger partial charge in [-0.3, -0.25) is 0 Å². The van der Waals surface area contributed by atoms with E-state index < -0.39 is 6.61 Å². The number of aryl methyl sites for hydroxylation is 1. The van der Waals surface area contributed by atoms with E-state index in [-0.39, 0.29) is 5.75 Å². The second-order valence-electron chi connectivity index (χ2n) is 6.18. The molecule has 4 rings (SSSR count). The summed E-state index contributed by atoms with van der Waals surface area (Å²) in [6.07, 6.45) is 5.68. The quantitative estimate of drug-likeness (QED) is 0.431. The van der Waals surface area contributed by atoms with Crippen molar-refractivity contribution in [2.75, 3.05) is 0 Å². The van der Waals surface area contributed by atoms with Gasteiger partial charge in [0.1, 0.15) is 11.4 Å². The van der Waals surface area contributed by atoms with Crippen LogP contribution in [0.25, 0.3) is 17.0 Å². The van der Waals surface area contributed by atoms with Gasteiger partial charge in [-0.15, -0.1) is 0 Å². The van der Waals surface area contributed by atoms with Crippen molar-refractivity contribution in [3.63, 3.8) is 0 Å². The Morgan fingerprint density at radius 3 is 2.61 bits per heavy atom. The molecule has 0 spiro atoms. The van der Waals surface area contributed by atoms with Gasteiger partial charge in [0.15, 0.2) is 5.82 Å². The van der Waals surface area contributed by atoms with Crippen molar-refractivity contribution in [2.45, 2.75) is 20.0 Å². The van der Waals surface area contributed by atoms with Crippen molar-refractivity contribution in [1.82, 2.24) is 19.4 Å². The first-order chi connectivity index (χ1) is 13.5. The highest BCUT2D eigenvalue weighted by atomic mass is 79.9. The average Bonchev–Trinajstić information content (AvgIpc) is 2.98. The Morgan fingerprint density at radius 2 is 1.86 bits per heavy atom. The molecule has 0 N–H and O–H groups in total. The Balaban J connectivity index is 1.76. The Hall–Kier alpha value is -2.87. The summed E-state index contributed by atoms with van der Waals surface area (Å²) in [5.74, 6) is 0.753. The zero-order valence-corrected chi connectivity index (χ0v) is 16.4. The lowest BCUT2D eigenvalue weighted by atomic mass is 10.1. The molecule has 0 aliphatic carbocycles. The monoisotopic (exact) mass is 444 g/mol. The molecule has 0 saturated heterocycles. The van der Waals surface area contributed by atoms with Crippen LogP contribution in [0.1, 0.15) is 17.0 Å². The lowest BCUT2D eigenvalue weighted by Gasteiger charge is -2.11. The number of benzene rings is 1. The van der Waals surface area contributed by atoms with Crippen LogP contribution in [0.4, 0.5) is 8.78 Å². The van der Waals surface area contributed by atoms with E-state index >= 15 is 0 Å². The molecule has 0 bridgehead atoms. The summed E-state index contributed by atoms with van der Waals surface area (Å²) in [5.41, 5.74) is 3.97. The molecular formula is C20H15BrF2N4O. The number of ether oxygens (including phenoxy) is 1. The SMILES string of the molecule is Cc1nc2ccc(-c3ncc(Br)cn3)cn2c1Cc1ccccc1OC(F)F. The predicted octanol–water partition coefficient (Wildman–Crippen LogP) is 5.05. The minimum atomic E-state index is -2.87. The number of aromatic nitrogens is 4. The van der Waals surface area contributed by atoms with E-state index in [9.17, 15) is 8.78 Å². The van der Waals surface area contributed by atoms with Gasteiger partial charge in [0.25, 0.3) is 0 Å². The number of rotatable bonds is 5. The lowest BCUT2D eigenvalue weighted by molar-refractivity contribution is -0.0503. The molecule has 1 aromatic carbocycles. The normalized spacial score (nSPS) is 11.3. The number of halogens is 3. The molecule has 142 valence electrons. The summed E-state index contributed by atoms with van der Waals surface area (Å²) < 4.78 is 32.8. The molecule has 0 aliphatic heterocycles. The molecule has 0 amide bonds. The van der Waals surface area contributed by atoms with Gasteiger partial charge in [0, 0.05) is 41.8 Å². The standard InChI is InChI=1S/C20H15BrF2N4O/c1-12-16(8-13-4-2-3-5-17(13)28-20(22)23)27-11-14(6-7-18(27)26-12)19-24-9-15(21)10-25-19/h2-7,9-11,20H,8H2,1H3. The first-order valence-electron chi connectivity index (χ1n) is 8.49. The van der Waals surface area contributed by atoms with Gasteiger partial charge in [-0.1, -0.05) is 18.2 Å². The number of hydrogen-bond donors (Lipinski definition) is 0. The van der Waals surface area contributed by atoms with Crippen molar-refractivity contribution in [3.05, 3.63) is 76.4 Å². The second kappa shape index (κ2) is 7.63. The molecule has 4 aromatic rings. The van der Waals surface area contributed by atoms with Gasteiger partial charge >= 0.3 is 6.61 Å². The van der Waals surface area contributed by atoms with E-state index in [1.54, 1.807) is 36.7 Å². The van der Waals surface area contributed by atoms with Crippen molar-refractivity contribution in [1.29, 1.82) is 0 Å². The first kappa shape index (κ1) is 18.5. The molecule has 0 unspecified atom stereocenters. The van der Waals surface area contributed by atoms with Crippen LogP contribution in [0, 0.1) is 6.92 Å². The number of nitrogens with zero attached hydrogens (tertiary/aromatic N) is 4. The first-order valence-corrected chi connectivity index (χ1v) is 9.29. The van der Waals surface area contributed by atoms with Crippen LogP contribution in [0.3, 0.4) is 0 Å². The van der Waals surface area contributed by atoms with E-state index in [1.165, 1.54) is 0 Å². The zero-order valence-electron chi connectivity index (χ0n) is 14.8. The third-order valence-corrected chi connectivity index (χ3v) is 4.75. The predicted molar refractivity (Wildman–Crippen MR) is 105 cm³/mol. The van der Waals surface area contributed by atoms with E-state index in [0.717, 1.165) is 27.1 Å². The maximum Gasteiger partial charge on any atom is 0.387 e. The Bertz CT molecular complexity index is 1130. The van der Waals surface area contributed by atoms with E-state index in [1.807, 2.05) is 29.7 Å². The van der Waals surface area contributed by atoms with Crippen molar-refractivity contribution in [3.8, 4) is 17.1 Å². The molecular weight excluding hydrogens is 430 g/mol. The zero-order chi connectivity index (χ0) is 19.7. The third kappa shape index (κ3) is 3.73. The van der Waals surface area contributed by atoms with Gasteiger partial charge < -0.3 is 9.14 Å². The maximum atomic E-state index is 12.7. The van der Waals surface area contributed by atoms with Crippen LogP contribution in [0.2, 0.25) is 0 Å². The third-order valence-electron chi connectivity index (χ3n) is 4.34. The topological polar surface area (TPSA) is 52.3 Å². The van der Waals surface area contributed by atoms with Gasteiger partial charge in [-0.25, -0.2) is 15.0 Å². The van der Waals surface area contributed by atoms with E-state index in [2.05, 4.69) is 35.6 Å². The lowest BCUT2D eigenvalue weighted by Crippen LogP contribution is -2.06. The molecule has 0 saturated carbocycles. The van der Waals surface area contributed by atoms with Crippen molar-refractivity contribution in [2.24, 2.45) is 0 Å². The summed E-state index contributed by atoms with van der Waals surface area (Å²) >= 11 is 3.33. The Kier molecular flexibility index (Phi) is 5.04. The molecule has 5 nitrogen and oxygen atoms in total. The summed E-state index contributed by atoms with van der Waals surface area (Å²) in [4.78, 5) is 13.2. The molecule has 28 heavy (non-hydrogen) atoms. The van der Waals surface area contributed by atoms with Gasteiger partial charge in [-0.05, 0) is 41.1 Å². The van der Waals surface area contributed by atoms with Gasteiger partial charge in [0.05, 0.1) is 10.2 Å². The fraction of sp³-hybridized carbons (Fsp3) is 0.150. The largest absolute Gasteiger partial charge is 0.435 e. The molecule has 3 heterocycles. The molecule has 0 radical (unpaired) electrons. The Morgan fingerprint density at radius 1 is 1.11 bits per heavy atom. The summed E-state index contributed by atoms with van der Waals surface area (Å²) in [5, 5.41) is 0. The molecule has 3 aromatic heterocycles. The molecule has 0 fully saturated rings. The van der Waals surface area contributed by atoms with Crippen LogP contribution in [0.15, 0.2) is 59.5 Å². The van der Waals surface area contributed by atoms with Gasteiger partial charge in [0.2, 0.25) is 0 Å². The Labute approximate surface area is 168 Å². The summed E-state index contributed by atoms with van der Waals surface area (Å²) in [6.45, 7) is -0.972. The smallest absolute Gasteiger partial charge is 0.387 e. The number of alkyl halides is 2. The summed E-state index contributed by atoms with van der Waals surface area (Å²) in [7, 11) is 0. The van der Waals surface area contributed by atoms with E-state index in [4.69, 9.17) is 0 Å². The molecule has 0 atom stereocenters. The minimum Gasteiger partial charge on any atom is -0.435 e. The highest BCUT2D eigenvalue weighted by molar-refractivity contribution is 9.10.